The lowest BCUT2D eigenvalue weighted by molar-refractivity contribution is -0.127. The minimum Gasteiger partial charge on any atom is -0.380 e. The lowest BCUT2D eigenvalue weighted by Crippen LogP contribution is -2.45. The van der Waals surface area contributed by atoms with E-state index in [-0.39, 0.29) is 24.0 Å². The van der Waals surface area contributed by atoms with E-state index in [4.69, 9.17) is 10.5 Å². The van der Waals surface area contributed by atoms with Gasteiger partial charge in [0.05, 0.1) is 6.10 Å². The van der Waals surface area contributed by atoms with Gasteiger partial charge in [0.15, 0.2) is 0 Å². The number of rotatable bonds is 5. The van der Waals surface area contributed by atoms with Crippen molar-refractivity contribution in [2.75, 3.05) is 13.7 Å². The Balaban J connectivity index is 1.75. The van der Waals surface area contributed by atoms with Crippen molar-refractivity contribution in [2.45, 2.75) is 37.8 Å². The van der Waals surface area contributed by atoms with Crippen LogP contribution in [-0.2, 0) is 16.0 Å². The Kier molecular flexibility index (Phi) is 5.49. The normalized spacial score (nSPS) is 26.2. The molecule has 5 heteroatoms. The molecule has 2 rings (SSSR count). The molecule has 0 unspecified atom stereocenters. The minimum atomic E-state index is -0.00202. The Bertz CT molecular complexity index is 424. The molecule has 5 nitrogen and oxygen atoms in total. The molecule has 0 aromatic carbocycles. The van der Waals surface area contributed by atoms with Gasteiger partial charge < -0.3 is 15.8 Å². The second kappa shape index (κ2) is 7.36. The number of methoxy groups -OCH3 is 1. The molecule has 1 amide bonds. The highest BCUT2D eigenvalue weighted by atomic mass is 16.5. The zero-order valence-corrected chi connectivity index (χ0v) is 11.9. The SMILES string of the molecule is CO[C@@H]1C[C@@H](C(=O)NCCc2cccnc2)CC[C@H]1N. The Hall–Kier alpha value is -1.46. The van der Waals surface area contributed by atoms with Crippen molar-refractivity contribution in [3.63, 3.8) is 0 Å². The molecule has 0 aliphatic heterocycles. The van der Waals surface area contributed by atoms with Gasteiger partial charge in [-0.1, -0.05) is 6.07 Å². The first-order valence-corrected chi connectivity index (χ1v) is 7.15. The van der Waals surface area contributed by atoms with E-state index in [0.29, 0.717) is 6.54 Å². The number of pyridine rings is 1. The Labute approximate surface area is 119 Å². The van der Waals surface area contributed by atoms with Crippen LogP contribution in [0.4, 0.5) is 0 Å². The van der Waals surface area contributed by atoms with Gasteiger partial charge in [-0.25, -0.2) is 0 Å². The first kappa shape index (κ1) is 14.9. The molecule has 20 heavy (non-hydrogen) atoms. The van der Waals surface area contributed by atoms with Crippen LogP contribution in [0.15, 0.2) is 24.5 Å². The van der Waals surface area contributed by atoms with E-state index in [1.807, 2.05) is 18.3 Å². The average Bonchev–Trinajstić information content (AvgIpc) is 2.48. The molecule has 1 aromatic rings. The molecule has 1 aromatic heterocycles. The number of nitrogens with zero attached hydrogens (tertiary/aromatic N) is 1. The van der Waals surface area contributed by atoms with Crippen molar-refractivity contribution in [3.05, 3.63) is 30.1 Å². The van der Waals surface area contributed by atoms with E-state index in [1.165, 1.54) is 0 Å². The summed E-state index contributed by atoms with van der Waals surface area (Å²) in [5.41, 5.74) is 7.10. The highest BCUT2D eigenvalue weighted by molar-refractivity contribution is 5.78. The smallest absolute Gasteiger partial charge is 0.223 e. The third-order valence-corrected chi connectivity index (χ3v) is 3.95. The van der Waals surface area contributed by atoms with Crippen LogP contribution >= 0.6 is 0 Å². The molecule has 1 saturated carbocycles. The van der Waals surface area contributed by atoms with Gasteiger partial charge in [0, 0.05) is 38.0 Å². The second-order valence-electron chi connectivity index (χ2n) is 5.35. The first-order valence-electron chi connectivity index (χ1n) is 7.15. The number of nitrogens with one attached hydrogen (secondary N) is 1. The van der Waals surface area contributed by atoms with Crippen LogP contribution in [0.2, 0.25) is 0 Å². The van der Waals surface area contributed by atoms with Gasteiger partial charge in [0.2, 0.25) is 5.91 Å². The first-order chi connectivity index (χ1) is 9.70. The quantitative estimate of drug-likeness (QED) is 0.837. The fourth-order valence-electron chi connectivity index (χ4n) is 2.68. The number of nitrogens with two attached hydrogens (primary N) is 1. The molecular formula is C15H23N3O2. The van der Waals surface area contributed by atoms with Crippen molar-refractivity contribution in [1.82, 2.24) is 10.3 Å². The second-order valence-corrected chi connectivity index (χ2v) is 5.35. The van der Waals surface area contributed by atoms with Gasteiger partial charge in [0.1, 0.15) is 0 Å². The van der Waals surface area contributed by atoms with E-state index in [1.54, 1.807) is 13.3 Å². The number of hydrogen-bond donors (Lipinski definition) is 2. The molecule has 1 aliphatic carbocycles. The van der Waals surface area contributed by atoms with E-state index in [0.717, 1.165) is 31.2 Å². The largest absolute Gasteiger partial charge is 0.380 e. The third-order valence-electron chi connectivity index (χ3n) is 3.95. The highest BCUT2D eigenvalue weighted by Gasteiger charge is 2.31. The Morgan fingerprint density at radius 2 is 2.40 bits per heavy atom. The molecule has 110 valence electrons. The summed E-state index contributed by atoms with van der Waals surface area (Å²) >= 11 is 0. The molecule has 0 spiro atoms. The fourth-order valence-corrected chi connectivity index (χ4v) is 2.68. The molecule has 3 N–H and O–H groups in total. The number of hydrogen-bond acceptors (Lipinski definition) is 4. The number of aromatic nitrogens is 1. The molecule has 0 saturated heterocycles. The fraction of sp³-hybridized carbons (Fsp3) is 0.600. The maximum atomic E-state index is 12.1. The van der Waals surface area contributed by atoms with Gasteiger partial charge in [-0.15, -0.1) is 0 Å². The standard InChI is InChI=1S/C15H23N3O2/c1-20-14-9-12(4-5-13(14)16)15(19)18-8-6-11-3-2-7-17-10-11/h2-3,7,10,12-14H,4-6,8-9,16H2,1H3,(H,18,19)/t12-,13+,14+/m0/s1. The van der Waals surface area contributed by atoms with Crippen molar-refractivity contribution < 1.29 is 9.53 Å². The van der Waals surface area contributed by atoms with Crippen LogP contribution in [0.5, 0.6) is 0 Å². The number of carbonyl (C=O) groups is 1. The minimum absolute atomic E-state index is 0.00202. The molecular weight excluding hydrogens is 254 g/mol. The summed E-state index contributed by atoms with van der Waals surface area (Å²) < 4.78 is 5.34. The lowest BCUT2D eigenvalue weighted by Gasteiger charge is -2.32. The third kappa shape index (κ3) is 4.02. The predicted octanol–water partition coefficient (Wildman–Crippen LogP) is 0.883. The Morgan fingerprint density at radius 1 is 1.55 bits per heavy atom. The van der Waals surface area contributed by atoms with Crippen LogP contribution in [-0.4, -0.2) is 36.7 Å². The van der Waals surface area contributed by atoms with Gasteiger partial charge in [-0.3, -0.25) is 9.78 Å². The molecule has 0 radical (unpaired) electrons. The number of amides is 1. The van der Waals surface area contributed by atoms with Crippen LogP contribution in [0.3, 0.4) is 0 Å². The predicted molar refractivity (Wildman–Crippen MR) is 77.1 cm³/mol. The topological polar surface area (TPSA) is 77.2 Å². The van der Waals surface area contributed by atoms with E-state index >= 15 is 0 Å². The molecule has 1 heterocycles. The zero-order valence-electron chi connectivity index (χ0n) is 11.9. The summed E-state index contributed by atoms with van der Waals surface area (Å²) in [6.07, 6.45) is 6.79. The van der Waals surface area contributed by atoms with Crippen molar-refractivity contribution in [2.24, 2.45) is 11.7 Å². The lowest BCUT2D eigenvalue weighted by atomic mass is 9.83. The van der Waals surface area contributed by atoms with Crippen molar-refractivity contribution >= 4 is 5.91 Å². The Morgan fingerprint density at radius 3 is 3.10 bits per heavy atom. The monoisotopic (exact) mass is 277 g/mol. The van der Waals surface area contributed by atoms with Gasteiger partial charge in [0.25, 0.3) is 0 Å². The van der Waals surface area contributed by atoms with E-state index in [9.17, 15) is 4.79 Å². The molecule has 1 fully saturated rings. The average molecular weight is 277 g/mol. The van der Waals surface area contributed by atoms with Crippen molar-refractivity contribution in [1.29, 1.82) is 0 Å². The molecule has 3 atom stereocenters. The maximum absolute atomic E-state index is 12.1. The van der Waals surface area contributed by atoms with Crippen LogP contribution < -0.4 is 11.1 Å². The summed E-state index contributed by atoms with van der Waals surface area (Å²) in [6, 6.07) is 3.97. The summed E-state index contributed by atoms with van der Waals surface area (Å²) in [5, 5.41) is 3.00. The summed E-state index contributed by atoms with van der Waals surface area (Å²) in [6.45, 7) is 0.644. The van der Waals surface area contributed by atoms with E-state index in [2.05, 4.69) is 10.3 Å². The summed E-state index contributed by atoms with van der Waals surface area (Å²) in [5.74, 6) is 0.136. The molecule has 1 aliphatic rings. The van der Waals surface area contributed by atoms with Crippen molar-refractivity contribution in [3.8, 4) is 0 Å². The number of carbonyl (C=O) groups excluding carboxylic acids is 1. The highest BCUT2D eigenvalue weighted by Crippen LogP contribution is 2.25. The number of ether oxygens (including phenoxy) is 1. The zero-order chi connectivity index (χ0) is 14.4. The summed E-state index contributed by atoms with van der Waals surface area (Å²) in [7, 11) is 1.66. The maximum Gasteiger partial charge on any atom is 0.223 e. The molecule has 0 bridgehead atoms. The van der Waals surface area contributed by atoms with Crippen LogP contribution in [0.1, 0.15) is 24.8 Å². The summed E-state index contributed by atoms with van der Waals surface area (Å²) in [4.78, 5) is 16.2. The van der Waals surface area contributed by atoms with Crippen LogP contribution in [0.25, 0.3) is 0 Å². The van der Waals surface area contributed by atoms with Gasteiger partial charge in [-0.05, 0) is 37.3 Å². The van der Waals surface area contributed by atoms with Crippen LogP contribution in [0, 0.1) is 5.92 Å². The van der Waals surface area contributed by atoms with E-state index < -0.39 is 0 Å². The van der Waals surface area contributed by atoms with Gasteiger partial charge in [-0.2, -0.15) is 0 Å². The van der Waals surface area contributed by atoms with Gasteiger partial charge >= 0.3 is 0 Å².